The zero-order valence-corrected chi connectivity index (χ0v) is 21.8. The van der Waals surface area contributed by atoms with E-state index in [2.05, 4.69) is 19.2 Å². The molecular formula is C11H17N3Na2O8S3. The van der Waals surface area contributed by atoms with Crippen LogP contribution in [-0.2, 0) is 29.5 Å². The summed E-state index contributed by atoms with van der Waals surface area (Å²) in [5.74, 6) is 0.0605. The predicted molar refractivity (Wildman–Crippen MR) is 85.4 cm³/mol. The number of sulfonamides is 1. The summed E-state index contributed by atoms with van der Waals surface area (Å²) in [6, 6.07) is 0.519. The minimum absolute atomic E-state index is 0. The third-order valence-electron chi connectivity index (χ3n) is 3.74. The quantitative estimate of drug-likeness (QED) is 0.136. The van der Waals surface area contributed by atoms with Crippen molar-refractivity contribution in [2.24, 2.45) is 0 Å². The van der Waals surface area contributed by atoms with Crippen molar-refractivity contribution in [1.29, 1.82) is 0 Å². The van der Waals surface area contributed by atoms with Crippen molar-refractivity contribution in [2.75, 3.05) is 11.0 Å². The zero-order chi connectivity index (χ0) is 18.8. The summed E-state index contributed by atoms with van der Waals surface area (Å²) >= 11 is 0.723. The van der Waals surface area contributed by atoms with Gasteiger partial charge in [0.1, 0.15) is 5.82 Å². The van der Waals surface area contributed by atoms with Gasteiger partial charge in [0.2, 0.25) is 10.0 Å². The van der Waals surface area contributed by atoms with Crippen LogP contribution in [0.3, 0.4) is 0 Å². The van der Waals surface area contributed by atoms with E-state index in [1.807, 2.05) is 0 Å². The van der Waals surface area contributed by atoms with Gasteiger partial charge in [-0.2, -0.15) is 9.43 Å². The van der Waals surface area contributed by atoms with E-state index in [4.69, 9.17) is 0 Å². The Hall–Kier alpha value is 1.10. The van der Waals surface area contributed by atoms with E-state index in [9.17, 15) is 26.6 Å². The average Bonchev–Trinajstić information content (AvgIpc) is 2.82. The van der Waals surface area contributed by atoms with Crippen molar-refractivity contribution >= 4 is 38.0 Å². The average molecular weight is 461 g/mol. The third kappa shape index (κ3) is 8.39. The van der Waals surface area contributed by atoms with Gasteiger partial charge in [0.05, 0.1) is 33.4 Å². The van der Waals surface area contributed by atoms with E-state index in [0.29, 0.717) is 12.1 Å². The molecule has 11 nitrogen and oxygen atoms in total. The molecule has 0 aliphatic heterocycles. The van der Waals surface area contributed by atoms with Crippen molar-refractivity contribution in [2.45, 2.75) is 42.7 Å². The van der Waals surface area contributed by atoms with E-state index >= 15 is 0 Å². The minimum Gasteiger partial charge on any atom is -0.748 e. The van der Waals surface area contributed by atoms with Crippen LogP contribution in [0.25, 0.3) is 0 Å². The van der Waals surface area contributed by atoms with Crippen molar-refractivity contribution in [3.05, 3.63) is 11.8 Å². The van der Waals surface area contributed by atoms with Gasteiger partial charge in [-0.05, 0) is 26.2 Å². The van der Waals surface area contributed by atoms with Gasteiger partial charge >= 0.3 is 59.1 Å². The first-order valence-corrected chi connectivity index (χ1v) is 11.3. The Morgan fingerprint density at radius 3 is 2.44 bits per heavy atom. The molecule has 1 aliphatic rings. The van der Waals surface area contributed by atoms with Crippen molar-refractivity contribution in [3.63, 3.8) is 0 Å². The molecule has 1 aliphatic carbocycles. The Kier molecular flexibility index (Phi) is 11.9. The number of aromatic nitrogens is 2. The molecule has 0 spiro atoms. The van der Waals surface area contributed by atoms with Gasteiger partial charge in [-0.15, -0.1) is 0 Å². The maximum atomic E-state index is 11.6. The molecule has 0 aromatic carbocycles. The molecule has 3 atom stereocenters. The van der Waals surface area contributed by atoms with E-state index < -0.39 is 31.4 Å². The van der Waals surface area contributed by atoms with E-state index in [1.54, 1.807) is 6.92 Å². The first-order chi connectivity index (χ1) is 11.5. The molecule has 1 heterocycles. The maximum absolute atomic E-state index is 11.6. The van der Waals surface area contributed by atoms with Crippen molar-refractivity contribution in [1.82, 2.24) is 9.78 Å². The Balaban J connectivity index is 0.00000338. The van der Waals surface area contributed by atoms with Gasteiger partial charge in [-0.25, -0.2) is 21.5 Å². The number of aryl methyl sites for hydroxylation is 1. The minimum atomic E-state index is -4.65. The second kappa shape index (κ2) is 11.5. The molecule has 2 rings (SSSR count). The van der Waals surface area contributed by atoms with Crippen LogP contribution in [0.2, 0.25) is 0 Å². The van der Waals surface area contributed by atoms with Gasteiger partial charge in [0.15, 0.2) is 0 Å². The molecule has 144 valence electrons. The van der Waals surface area contributed by atoms with Gasteiger partial charge in [-0.1, -0.05) is 0 Å². The van der Waals surface area contributed by atoms with E-state index in [-0.39, 0.29) is 83.0 Å². The van der Waals surface area contributed by atoms with Gasteiger partial charge in [0, 0.05) is 23.4 Å². The van der Waals surface area contributed by atoms with Crippen molar-refractivity contribution < 1.29 is 95.1 Å². The fraction of sp³-hybridized carbons (Fsp3) is 0.727. The Morgan fingerprint density at radius 1 is 1.30 bits per heavy atom. The fourth-order valence-corrected chi connectivity index (χ4v) is 5.09. The molecule has 1 N–H and O–H groups in total. The number of hydrogen-bond donors (Lipinski definition) is 1. The predicted octanol–water partition coefficient (Wildman–Crippen LogP) is -6.55. The summed E-state index contributed by atoms with van der Waals surface area (Å²) in [6.07, 6.45) is 1.40. The molecular weight excluding hydrogens is 444 g/mol. The van der Waals surface area contributed by atoms with Gasteiger partial charge in [0.25, 0.3) is 0 Å². The molecule has 1 aromatic heterocycles. The molecule has 3 unspecified atom stereocenters. The summed E-state index contributed by atoms with van der Waals surface area (Å²) < 4.78 is 65.7. The smallest absolute Gasteiger partial charge is 0.748 e. The molecule has 0 radical (unpaired) electrons. The zero-order valence-electron chi connectivity index (χ0n) is 15.3. The topological polar surface area (TPSA) is 163 Å². The molecule has 1 saturated carbocycles. The van der Waals surface area contributed by atoms with Crippen LogP contribution in [0.5, 0.6) is 0 Å². The molecule has 16 heteroatoms. The summed E-state index contributed by atoms with van der Waals surface area (Å²) in [6.45, 7) is 1.61. The molecule has 0 saturated heterocycles. The number of nitrogens with zero attached hydrogens (tertiary/aromatic N) is 2. The second-order valence-electron chi connectivity index (χ2n) is 5.76. The Bertz CT molecular complexity index is 817. The van der Waals surface area contributed by atoms with Gasteiger partial charge in [-0.3, -0.25) is 9.76 Å². The maximum Gasteiger partial charge on any atom is 1.00 e. The number of hydrogen-bond acceptors (Lipinski definition) is 10. The van der Waals surface area contributed by atoms with E-state index in [1.165, 1.54) is 10.7 Å². The third-order valence-corrected chi connectivity index (χ3v) is 6.45. The normalized spacial score (nSPS) is 23.2. The molecule has 27 heavy (non-hydrogen) atoms. The van der Waals surface area contributed by atoms with E-state index in [0.717, 1.165) is 18.3 Å². The Labute approximate surface area is 206 Å². The van der Waals surface area contributed by atoms with Crippen LogP contribution < -0.4 is 69.1 Å². The monoisotopic (exact) mass is 461 g/mol. The first kappa shape index (κ1) is 28.1. The molecule has 0 bridgehead atoms. The first-order valence-electron chi connectivity index (χ1n) is 7.12. The molecule has 1 fully saturated rings. The Morgan fingerprint density at radius 2 is 1.93 bits per heavy atom. The fourth-order valence-electron chi connectivity index (χ4n) is 2.87. The van der Waals surface area contributed by atoms with Crippen LogP contribution in [0.4, 0.5) is 5.82 Å². The summed E-state index contributed by atoms with van der Waals surface area (Å²) in [7, 11) is -8.28. The summed E-state index contributed by atoms with van der Waals surface area (Å²) in [5, 5.41) is 15.8. The second-order valence-corrected chi connectivity index (χ2v) is 10.1. The summed E-state index contributed by atoms with van der Waals surface area (Å²) in [5.41, 5.74) is 0.446. The number of nitrogens with one attached hydrogen (secondary N) is 1. The molecule has 1 aromatic rings. The van der Waals surface area contributed by atoms with Gasteiger partial charge < -0.3 is 9.81 Å². The number of anilines is 1. The number of rotatable bonds is 7. The van der Waals surface area contributed by atoms with Crippen molar-refractivity contribution in [3.8, 4) is 0 Å². The standard InChI is InChI=1S/C11H19N3O8S3.2Na/c1-7-5-11(13-24(2,16)17)14(12-7)9-6-8(23-22-21-15)3-4-10(9)25(18,19)20;;/h5,8-10,13,15H,3-4,6H2,1-2H3,(H,18,19,20);;/q;2*+1/p-2. The van der Waals surface area contributed by atoms with Crippen LogP contribution in [-0.4, -0.2) is 47.9 Å². The largest absolute Gasteiger partial charge is 1.00 e. The van der Waals surface area contributed by atoms with Crippen LogP contribution in [0.1, 0.15) is 31.0 Å². The molecule has 0 amide bonds. The SMILES string of the molecule is Cc1cc(NS(C)(=O)=O)n(C2CC(SOO[O-])CCC2S(=O)(=O)[O-])n1.[Na+].[Na+]. The van der Waals surface area contributed by atoms with Crippen LogP contribution in [0.15, 0.2) is 6.07 Å². The van der Waals surface area contributed by atoms with Crippen LogP contribution >= 0.6 is 12.0 Å². The summed E-state index contributed by atoms with van der Waals surface area (Å²) in [4.78, 5) is 0. The van der Waals surface area contributed by atoms with Crippen LogP contribution in [0, 0.1) is 6.92 Å².